The summed E-state index contributed by atoms with van der Waals surface area (Å²) in [7, 11) is 1.33. The number of carbonyl (C=O) groups excluding carboxylic acids is 3. The molecular weight excluding hydrogens is 356 g/mol. The lowest BCUT2D eigenvalue weighted by atomic mass is 10.0. The highest BCUT2D eigenvalue weighted by molar-refractivity contribution is 6.36. The second-order valence-electron chi connectivity index (χ2n) is 5.93. The Morgan fingerprint density at radius 3 is 2.15 bits per heavy atom. The predicted octanol–water partition coefficient (Wildman–Crippen LogP) is 2.75. The summed E-state index contributed by atoms with van der Waals surface area (Å²) in [6.45, 7) is 1.37. The van der Waals surface area contributed by atoms with E-state index in [1.54, 1.807) is 24.3 Å². The van der Waals surface area contributed by atoms with Gasteiger partial charge in [-0.2, -0.15) is 0 Å². The SMILES string of the molecule is CC(=O)Nc1ccc(C2=C(Nc3ccc(F)c(F)c3)C(=O)N(C)C2=O)cc1. The highest BCUT2D eigenvalue weighted by atomic mass is 19.2. The summed E-state index contributed by atoms with van der Waals surface area (Å²) in [6, 6.07) is 9.43. The van der Waals surface area contributed by atoms with Gasteiger partial charge in [0.2, 0.25) is 5.91 Å². The van der Waals surface area contributed by atoms with Crippen LogP contribution < -0.4 is 10.6 Å². The first-order chi connectivity index (χ1) is 12.8. The van der Waals surface area contributed by atoms with Crippen LogP contribution in [0.4, 0.5) is 20.2 Å². The Morgan fingerprint density at radius 2 is 1.56 bits per heavy atom. The number of hydrogen-bond acceptors (Lipinski definition) is 4. The van der Waals surface area contributed by atoms with E-state index in [0.29, 0.717) is 11.3 Å². The van der Waals surface area contributed by atoms with E-state index in [-0.39, 0.29) is 22.9 Å². The Balaban J connectivity index is 2.01. The van der Waals surface area contributed by atoms with Crippen molar-refractivity contribution in [2.24, 2.45) is 0 Å². The van der Waals surface area contributed by atoms with Crippen LogP contribution in [-0.4, -0.2) is 29.7 Å². The lowest BCUT2D eigenvalue weighted by Gasteiger charge is -2.09. The zero-order chi connectivity index (χ0) is 19.7. The summed E-state index contributed by atoms with van der Waals surface area (Å²) in [5.74, 6) is -3.46. The summed E-state index contributed by atoms with van der Waals surface area (Å²) < 4.78 is 26.6. The molecule has 2 N–H and O–H groups in total. The minimum atomic E-state index is -1.08. The van der Waals surface area contributed by atoms with Gasteiger partial charge >= 0.3 is 0 Å². The lowest BCUT2D eigenvalue weighted by Crippen LogP contribution is -2.27. The average Bonchev–Trinajstić information content (AvgIpc) is 2.83. The van der Waals surface area contributed by atoms with Gasteiger partial charge in [0.05, 0.1) is 5.57 Å². The van der Waals surface area contributed by atoms with Gasteiger partial charge < -0.3 is 10.6 Å². The van der Waals surface area contributed by atoms with Crippen molar-refractivity contribution in [1.82, 2.24) is 4.90 Å². The monoisotopic (exact) mass is 371 g/mol. The molecular formula is C19H15F2N3O3. The summed E-state index contributed by atoms with van der Waals surface area (Å²) in [5.41, 5.74) is 1.17. The number of imide groups is 1. The second kappa shape index (κ2) is 6.99. The molecule has 138 valence electrons. The van der Waals surface area contributed by atoms with Crippen LogP contribution in [0.5, 0.6) is 0 Å². The predicted molar refractivity (Wildman–Crippen MR) is 95.4 cm³/mol. The molecule has 2 aromatic rings. The molecule has 2 aromatic carbocycles. The fourth-order valence-corrected chi connectivity index (χ4v) is 2.67. The number of likely N-dealkylation sites (N-methyl/N-ethyl adjacent to an activating group) is 1. The molecule has 0 saturated heterocycles. The van der Waals surface area contributed by atoms with Crippen molar-refractivity contribution in [2.75, 3.05) is 17.7 Å². The van der Waals surface area contributed by atoms with E-state index in [1.165, 1.54) is 20.0 Å². The molecule has 8 heteroatoms. The van der Waals surface area contributed by atoms with Crippen LogP contribution in [0.15, 0.2) is 48.2 Å². The first kappa shape index (κ1) is 18.2. The van der Waals surface area contributed by atoms with Crippen molar-refractivity contribution >= 4 is 34.7 Å². The number of nitrogens with one attached hydrogen (secondary N) is 2. The smallest absolute Gasteiger partial charge is 0.277 e. The summed E-state index contributed by atoms with van der Waals surface area (Å²) in [5, 5.41) is 5.31. The number of carbonyl (C=O) groups is 3. The summed E-state index contributed by atoms with van der Waals surface area (Å²) in [6.07, 6.45) is 0. The molecule has 1 aliphatic rings. The van der Waals surface area contributed by atoms with Crippen LogP contribution in [-0.2, 0) is 14.4 Å². The maximum atomic E-state index is 13.4. The number of anilines is 2. The molecule has 0 aliphatic carbocycles. The van der Waals surface area contributed by atoms with Crippen LogP contribution in [0.3, 0.4) is 0 Å². The third-order valence-electron chi connectivity index (χ3n) is 3.97. The Morgan fingerprint density at radius 1 is 0.926 bits per heavy atom. The highest BCUT2D eigenvalue weighted by Gasteiger charge is 2.36. The van der Waals surface area contributed by atoms with Gasteiger partial charge in [0, 0.05) is 31.4 Å². The second-order valence-corrected chi connectivity index (χ2v) is 5.93. The summed E-state index contributed by atoms with van der Waals surface area (Å²) >= 11 is 0. The van der Waals surface area contributed by atoms with Crippen molar-refractivity contribution in [2.45, 2.75) is 6.92 Å². The van der Waals surface area contributed by atoms with Gasteiger partial charge in [0.15, 0.2) is 11.6 Å². The lowest BCUT2D eigenvalue weighted by molar-refractivity contribution is -0.135. The van der Waals surface area contributed by atoms with Crippen molar-refractivity contribution < 1.29 is 23.2 Å². The molecule has 3 amide bonds. The molecule has 0 saturated carbocycles. The van der Waals surface area contributed by atoms with E-state index in [1.807, 2.05) is 0 Å². The van der Waals surface area contributed by atoms with Crippen molar-refractivity contribution in [3.63, 3.8) is 0 Å². The molecule has 6 nitrogen and oxygen atoms in total. The Kier molecular flexibility index (Phi) is 4.72. The third kappa shape index (κ3) is 3.55. The quantitative estimate of drug-likeness (QED) is 0.810. The molecule has 1 heterocycles. The minimum Gasteiger partial charge on any atom is -0.350 e. The van der Waals surface area contributed by atoms with E-state index in [2.05, 4.69) is 10.6 Å². The van der Waals surface area contributed by atoms with Crippen molar-refractivity contribution in [3.05, 3.63) is 65.4 Å². The van der Waals surface area contributed by atoms with Gasteiger partial charge in [0.25, 0.3) is 11.8 Å². The molecule has 3 rings (SSSR count). The molecule has 0 radical (unpaired) electrons. The van der Waals surface area contributed by atoms with E-state index < -0.39 is 23.4 Å². The molecule has 0 atom stereocenters. The Hall–Kier alpha value is -3.55. The number of rotatable bonds is 4. The van der Waals surface area contributed by atoms with Crippen molar-refractivity contribution in [1.29, 1.82) is 0 Å². The van der Waals surface area contributed by atoms with Gasteiger partial charge in [-0.15, -0.1) is 0 Å². The molecule has 27 heavy (non-hydrogen) atoms. The van der Waals surface area contributed by atoms with Gasteiger partial charge in [-0.3, -0.25) is 19.3 Å². The molecule has 1 aliphatic heterocycles. The fraction of sp³-hybridized carbons (Fsp3) is 0.105. The standard InChI is InChI=1S/C19H15F2N3O3/c1-10(25)22-12-5-3-11(4-6-12)16-17(19(27)24(2)18(16)26)23-13-7-8-14(20)15(21)9-13/h3-9,23H,1-2H3,(H,22,25). The van der Waals surface area contributed by atoms with Crippen LogP contribution >= 0.6 is 0 Å². The Labute approximate surface area is 153 Å². The van der Waals surface area contributed by atoms with Crippen LogP contribution in [0.25, 0.3) is 5.57 Å². The molecule has 0 aromatic heterocycles. The number of amides is 3. The van der Waals surface area contributed by atoms with Crippen molar-refractivity contribution in [3.8, 4) is 0 Å². The number of benzene rings is 2. The maximum Gasteiger partial charge on any atom is 0.277 e. The summed E-state index contributed by atoms with van der Waals surface area (Å²) in [4.78, 5) is 37.0. The van der Waals surface area contributed by atoms with E-state index >= 15 is 0 Å². The molecule has 0 fully saturated rings. The molecule has 0 bridgehead atoms. The minimum absolute atomic E-state index is 0.0409. The van der Waals surface area contributed by atoms with Crippen LogP contribution in [0.2, 0.25) is 0 Å². The highest BCUT2D eigenvalue weighted by Crippen LogP contribution is 2.30. The van der Waals surface area contributed by atoms with Gasteiger partial charge in [-0.1, -0.05) is 12.1 Å². The normalized spacial score (nSPS) is 14.0. The molecule has 0 spiro atoms. The average molecular weight is 371 g/mol. The van der Waals surface area contributed by atoms with Crippen LogP contribution in [0.1, 0.15) is 12.5 Å². The fourth-order valence-electron chi connectivity index (χ4n) is 2.67. The largest absolute Gasteiger partial charge is 0.350 e. The number of nitrogens with zero attached hydrogens (tertiary/aromatic N) is 1. The zero-order valence-electron chi connectivity index (χ0n) is 14.5. The van der Waals surface area contributed by atoms with E-state index in [0.717, 1.165) is 17.0 Å². The van der Waals surface area contributed by atoms with E-state index in [4.69, 9.17) is 0 Å². The van der Waals surface area contributed by atoms with Crippen LogP contribution in [0, 0.1) is 11.6 Å². The zero-order valence-corrected chi connectivity index (χ0v) is 14.5. The topological polar surface area (TPSA) is 78.5 Å². The molecule has 0 unspecified atom stereocenters. The first-order valence-corrected chi connectivity index (χ1v) is 7.94. The van der Waals surface area contributed by atoms with E-state index in [9.17, 15) is 23.2 Å². The number of halogens is 2. The maximum absolute atomic E-state index is 13.4. The Bertz CT molecular complexity index is 984. The van der Waals surface area contributed by atoms with Gasteiger partial charge in [0.1, 0.15) is 5.70 Å². The number of hydrogen-bond donors (Lipinski definition) is 2. The van der Waals surface area contributed by atoms with Gasteiger partial charge in [-0.05, 0) is 29.8 Å². The first-order valence-electron chi connectivity index (χ1n) is 7.94. The third-order valence-corrected chi connectivity index (χ3v) is 3.97. The van der Waals surface area contributed by atoms with Gasteiger partial charge in [-0.25, -0.2) is 8.78 Å².